The van der Waals surface area contributed by atoms with Crippen molar-refractivity contribution in [1.82, 2.24) is 5.16 Å². The van der Waals surface area contributed by atoms with Crippen molar-refractivity contribution in [3.8, 4) is 0 Å². The summed E-state index contributed by atoms with van der Waals surface area (Å²) in [6.07, 6.45) is 0. The van der Waals surface area contributed by atoms with E-state index in [1.807, 2.05) is 6.92 Å². The SMILES string of the molecule is CC(N)CNc1noc2cccc(F)c12. The number of hydrogen-bond acceptors (Lipinski definition) is 4. The molecule has 0 aliphatic carbocycles. The third-order valence-corrected chi connectivity index (χ3v) is 2.04. The van der Waals surface area contributed by atoms with Crippen molar-refractivity contribution in [3.63, 3.8) is 0 Å². The van der Waals surface area contributed by atoms with Gasteiger partial charge in [0.1, 0.15) is 11.2 Å². The van der Waals surface area contributed by atoms with Gasteiger partial charge in [-0.1, -0.05) is 11.2 Å². The first-order valence-electron chi connectivity index (χ1n) is 4.72. The Morgan fingerprint density at radius 1 is 1.60 bits per heavy atom. The van der Waals surface area contributed by atoms with Gasteiger partial charge in [0.2, 0.25) is 0 Å². The molecule has 3 N–H and O–H groups in total. The van der Waals surface area contributed by atoms with Gasteiger partial charge in [-0.15, -0.1) is 0 Å². The Bertz CT molecular complexity index is 467. The average Bonchev–Trinajstić information content (AvgIpc) is 2.59. The highest BCUT2D eigenvalue weighted by molar-refractivity contribution is 5.88. The minimum atomic E-state index is -0.346. The van der Waals surface area contributed by atoms with Gasteiger partial charge in [0, 0.05) is 12.6 Å². The number of rotatable bonds is 3. The Morgan fingerprint density at radius 3 is 3.13 bits per heavy atom. The first-order chi connectivity index (χ1) is 7.18. The third-order valence-electron chi connectivity index (χ3n) is 2.04. The summed E-state index contributed by atoms with van der Waals surface area (Å²) in [6, 6.07) is 4.60. The summed E-state index contributed by atoms with van der Waals surface area (Å²) in [4.78, 5) is 0. The number of benzene rings is 1. The molecule has 0 aliphatic rings. The Hall–Kier alpha value is -1.62. The van der Waals surface area contributed by atoms with Gasteiger partial charge < -0.3 is 15.6 Å². The van der Waals surface area contributed by atoms with Crippen molar-refractivity contribution >= 4 is 16.8 Å². The Morgan fingerprint density at radius 2 is 2.40 bits per heavy atom. The molecule has 0 spiro atoms. The quantitative estimate of drug-likeness (QED) is 0.808. The summed E-state index contributed by atoms with van der Waals surface area (Å²) < 4.78 is 18.4. The molecule has 1 aromatic heterocycles. The maximum atomic E-state index is 13.4. The van der Waals surface area contributed by atoms with Crippen molar-refractivity contribution < 1.29 is 8.91 Å². The zero-order chi connectivity index (χ0) is 10.8. The van der Waals surface area contributed by atoms with Crippen LogP contribution in [0.1, 0.15) is 6.92 Å². The van der Waals surface area contributed by atoms with E-state index in [2.05, 4.69) is 10.5 Å². The molecule has 0 saturated heterocycles. The van der Waals surface area contributed by atoms with E-state index in [0.717, 1.165) is 0 Å². The van der Waals surface area contributed by atoms with E-state index < -0.39 is 0 Å². The van der Waals surface area contributed by atoms with Gasteiger partial charge >= 0.3 is 0 Å². The lowest BCUT2D eigenvalue weighted by atomic mass is 10.2. The van der Waals surface area contributed by atoms with Crippen LogP contribution in [-0.2, 0) is 0 Å². The largest absolute Gasteiger partial charge is 0.365 e. The molecule has 0 bridgehead atoms. The lowest BCUT2D eigenvalue weighted by Gasteiger charge is -2.05. The van der Waals surface area contributed by atoms with Crippen LogP contribution in [0.3, 0.4) is 0 Å². The maximum Gasteiger partial charge on any atom is 0.180 e. The van der Waals surface area contributed by atoms with Crippen molar-refractivity contribution in [1.29, 1.82) is 0 Å². The van der Waals surface area contributed by atoms with E-state index in [1.54, 1.807) is 12.1 Å². The molecule has 1 heterocycles. The number of hydrogen-bond donors (Lipinski definition) is 2. The maximum absolute atomic E-state index is 13.4. The molecule has 0 amide bonds. The van der Waals surface area contributed by atoms with Crippen LogP contribution in [0.4, 0.5) is 10.2 Å². The molecule has 1 unspecified atom stereocenters. The van der Waals surface area contributed by atoms with Gasteiger partial charge in [-0.05, 0) is 19.1 Å². The molecule has 0 saturated carbocycles. The molecule has 0 fully saturated rings. The van der Waals surface area contributed by atoms with Crippen LogP contribution < -0.4 is 11.1 Å². The summed E-state index contributed by atoms with van der Waals surface area (Å²) in [5, 5.41) is 7.06. The first kappa shape index (κ1) is 9.92. The van der Waals surface area contributed by atoms with E-state index in [4.69, 9.17) is 10.3 Å². The topological polar surface area (TPSA) is 64.1 Å². The minimum absolute atomic E-state index is 0.0245. The summed E-state index contributed by atoms with van der Waals surface area (Å²) in [6.45, 7) is 2.38. The van der Waals surface area contributed by atoms with Gasteiger partial charge in [0.25, 0.3) is 0 Å². The molecule has 5 heteroatoms. The van der Waals surface area contributed by atoms with Crippen LogP contribution in [0.25, 0.3) is 11.0 Å². The fourth-order valence-corrected chi connectivity index (χ4v) is 1.33. The predicted molar refractivity (Wildman–Crippen MR) is 56.1 cm³/mol. The van der Waals surface area contributed by atoms with Crippen molar-refractivity contribution in [3.05, 3.63) is 24.0 Å². The molecule has 1 atom stereocenters. The number of fused-ring (bicyclic) bond motifs is 1. The highest BCUT2D eigenvalue weighted by atomic mass is 19.1. The Kier molecular flexibility index (Phi) is 2.55. The van der Waals surface area contributed by atoms with Crippen molar-refractivity contribution in [2.45, 2.75) is 13.0 Å². The van der Waals surface area contributed by atoms with Crippen LogP contribution in [0.5, 0.6) is 0 Å². The van der Waals surface area contributed by atoms with E-state index in [1.165, 1.54) is 6.07 Å². The second-order valence-corrected chi connectivity index (χ2v) is 3.50. The molecular weight excluding hydrogens is 197 g/mol. The molecular formula is C10H12FN3O. The van der Waals surface area contributed by atoms with Gasteiger partial charge in [-0.3, -0.25) is 0 Å². The van der Waals surface area contributed by atoms with Crippen LogP contribution in [0.2, 0.25) is 0 Å². The van der Waals surface area contributed by atoms with Crippen LogP contribution in [-0.4, -0.2) is 17.7 Å². The second kappa shape index (κ2) is 3.86. The lowest BCUT2D eigenvalue weighted by Crippen LogP contribution is -2.25. The fourth-order valence-electron chi connectivity index (χ4n) is 1.33. The van der Waals surface area contributed by atoms with E-state index in [0.29, 0.717) is 23.3 Å². The number of anilines is 1. The number of nitrogens with two attached hydrogens (primary N) is 1. The smallest absolute Gasteiger partial charge is 0.180 e. The first-order valence-corrected chi connectivity index (χ1v) is 4.72. The van der Waals surface area contributed by atoms with Gasteiger partial charge in [0.05, 0.1) is 0 Å². The van der Waals surface area contributed by atoms with Gasteiger partial charge in [-0.25, -0.2) is 4.39 Å². The molecule has 1 aromatic carbocycles. The number of aromatic nitrogens is 1. The molecule has 2 aromatic rings. The standard InChI is InChI=1S/C10H12FN3O/c1-6(12)5-13-10-9-7(11)3-2-4-8(9)15-14-10/h2-4,6H,5,12H2,1H3,(H,13,14). The average molecular weight is 209 g/mol. The van der Waals surface area contributed by atoms with Crippen molar-refractivity contribution in [2.75, 3.05) is 11.9 Å². The van der Waals surface area contributed by atoms with Gasteiger partial charge in [0.15, 0.2) is 11.4 Å². The van der Waals surface area contributed by atoms with Crippen LogP contribution in [0.15, 0.2) is 22.7 Å². The fraction of sp³-hybridized carbons (Fsp3) is 0.300. The summed E-state index contributed by atoms with van der Waals surface area (Å²) in [5.74, 6) is 0.0568. The second-order valence-electron chi connectivity index (χ2n) is 3.50. The molecule has 80 valence electrons. The number of nitrogens with one attached hydrogen (secondary N) is 1. The van der Waals surface area contributed by atoms with E-state index in [-0.39, 0.29) is 11.9 Å². The number of nitrogens with zero attached hydrogens (tertiary/aromatic N) is 1. The summed E-state index contributed by atoms with van der Waals surface area (Å²) in [7, 11) is 0. The highest BCUT2D eigenvalue weighted by Gasteiger charge is 2.12. The Labute approximate surface area is 86.2 Å². The molecule has 2 rings (SSSR count). The minimum Gasteiger partial charge on any atom is -0.365 e. The predicted octanol–water partition coefficient (Wildman–Crippen LogP) is 1.73. The van der Waals surface area contributed by atoms with E-state index >= 15 is 0 Å². The Balaban J connectivity index is 2.35. The molecule has 4 nitrogen and oxygen atoms in total. The van der Waals surface area contributed by atoms with Crippen molar-refractivity contribution in [2.24, 2.45) is 5.73 Å². The molecule has 0 aliphatic heterocycles. The van der Waals surface area contributed by atoms with Gasteiger partial charge in [-0.2, -0.15) is 0 Å². The van der Waals surface area contributed by atoms with Crippen LogP contribution >= 0.6 is 0 Å². The van der Waals surface area contributed by atoms with E-state index in [9.17, 15) is 4.39 Å². The summed E-state index contributed by atoms with van der Waals surface area (Å²) in [5.41, 5.74) is 6.01. The third kappa shape index (κ3) is 1.92. The summed E-state index contributed by atoms with van der Waals surface area (Å²) >= 11 is 0. The number of halogens is 1. The molecule has 15 heavy (non-hydrogen) atoms. The highest BCUT2D eigenvalue weighted by Crippen LogP contribution is 2.25. The van der Waals surface area contributed by atoms with Crippen LogP contribution in [0, 0.1) is 5.82 Å². The molecule has 0 radical (unpaired) electrons. The lowest BCUT2D eigenvalue weighted by molar-refractivity contribution is 0.459. The zero-order valence-corrected chi connectivity index (χ0v) is 8.33. The monoisotopic (exact) mass is 209 g/mol. The normalized spacial score (nSPS) is 13.0. The zero-order valence-electron chi connectivity index (χ0n) is 8.33.